The summed E-state index contributed by atoms with van der Waals surface area (Å²) in [5.41, 5.74) is 2.84. The predicted octanol–water partition coefficient (Wildman–Crippen LogP) is 5.08. The summed E-state index contributed by atoms with van der Waals surface area (Å²) in [4.78, 5) is 15.0. The molecule has 174 valence electrons. The topological polar surface area (TPSA) is 65.0 Å². The van der Waals surface area contributed by atoms with Gasteiger partial charge in [-0.25, -0.2) is 9.18 Å². The molecule has 0 spiro atoms. The van der Waals surface area contributed by atoms with Crippen LogP contribution in [0.25, 0.3) is 0 Å². The zero-order valence-corrected chi connectivity index (χ0v) is 19.2. The van der Waals surface area contributed by atoms with Crippen LogP contribution in [0.3, 0.4) is 0 Å². The van der Waals surface area contributed by atoms with Gasteiger partial charge >= 0.3 is 6.09 Å². The second kappa shape index (κ2) is 11.2. The van der Waals surface area contributed by atoms with E-state index < -0.39 is 6.09 Å². The van der Waals surface area contributed by atoms with Crippen LogP contribution in [0.5, 0.6) is 5.75 Å². The van der Waals surface area contributed by atoms with Gasteiger partial charge in [0.05, 0.1) is 12.8 Å². The van der Waals surface area contributed by atoms with Gasteiger partial charge in [-0.15, -0.1) is 0 Å². The lowest BCUT2D eigenvalue weighted by atomic mass is 10.1. The molecule has 1 aliphatic heterocycles. The molecule has 0 aliphatic carbocycles. The molecule has 2 aromatic rings. The summed E-state index contributed by atoms with van der Waals surface area (Å²) in [5, 5.41) is 12.8. The van der Waals surface area contributed by atoms with E-state index in [0.29, 0.717) is 32.2 Å². The van der Waals surface area contributed by atoms with Crippen LogP contribution in [-0.4, -0.2) is 42.5 Å². The molecule has 1 aliphatic rings. The van der Waals surface area contributed by atoms with Crippen LogP contribution in [0.15, 0.2) is 42.5 Å². The molecule has 7 heteroatoms. The summed E-state index contributed by atoms with van der Waals surface area (Å²) in [7, 11) is 1.98. The fourth-order valence-electron chi connectivity index (χ4n) is 3.98. The molecule has 0 bridgehead atoms. The zero-order valence-electron chi connectivity index (χ0n) is 19.2. The van der Waals surface area contributed by atoms with Crippen LogP contribution in [-0.2, 0) is 13.1 Å². The van der Waals surface area contributed by atoms with Crippen molar-refractivity contribution < 1.29 is 19.0 Å². The monoisotopic (exact) mass is 443 g/mol. The number of benzene rings is 2. The van der Waals surface area contributed by atoms with Gasteiger partial charge in [-0.3, -0.25) is 10.2 Å². The highest BCUT2D eigenvalue weighted by Crippen LogP contribution is 2.24. The Morgan fingerprint density at radius 3 is 2.69 bits per heavy atom. The van der Waals surface area contributed by atoms with Gasteiger partial charge < -0.3 is 14.7 Å². The van der Waals surface area contributed by atoms with Gasteiger partial charge in [0.2, 0.25) is 0 Å². The minimum absolute atomic E-state index is 0.249. The number of nitrogens with one attached hydrogen (secondary N) is 1. The molecule has 3 rings (SSSR count). The molecular weight excluding hydrogens is 409 g/mol. The number of carbonyl (C=O) groups is 1. The number of hydrogen-bond acceptors (Lipinski definition) is 4. The maximum Gasteiger partial charge on any atom is 0.408 e. The number of anilines is 1. The Labute approximate surface area is 190 Å². The van der Waals surface area contributed by atoms with Gasteiger partial charge in [-0.1, -0.05) is 26.0 Å². The highest BCUT2D eigenvalue weighted by Gasteiger charge is 2.26. The standard InChI is InChI=1S/C25H34FN3O3/c1-18(2)17-32-22-10-7-19(8-11-22)16-28(3)23-12-9-21(26)14-20(23)15-27-24-6-4-5-13-29(24)25(30)31/h7-12,14,18,24,27H,4-6,13,15-17H2,1-3H3,(H,30,31). The second-order valence-corrected chi connectivity index (χ2v) is 8.85. The van der Waals surface area contributed by atoms with Crippen molar-refractivity contribution >= 4 is 11.8 Å². The van der Waals surface area contributed by atoms with Crippen molar-refractivity contribution in [2.75, 3.05) is 25.1 Å². The number of carboxylic acid groups (broad SMARTS) is 1. The van der Waals surface area contributed by atoms with Crippen molar-refractivity contribution in [2.45, 2.75) is 52.4 Å². The Morgan fingerprint density at radius 2 is 2.00 bits per heavy atom. The lowest BCUT2D eigenvalue weighted by Gasteiger charge is -2.34. The molecule has 2 N–H and O–H groups in total. The highest BCUT2D eigenvalue weighted by atomic mass is 19.1. The average molecular weight is 444 g/mol. The van der Waals surface area contributed by atoms with Gasteiger partial charge in [0, 0.05) is 32.4 Å². The van der Waals surface area contributed by atoms with Crippen LogP contribution in [0.1, 0.15) is 44.2 Å². The Hall–Kier alpha value is -2.80. The van der Waals surface area contributed by atoms with Crippen molar-refractivity contribution in [3.05, 3.63) is 59.4 Å². The molecule has 6 nitrogen and oxygen atoms in total. The number of rotatable bonds is 9. The van der Waals surface area contributed by atoms with E-state index >= 15 is 0 Å². The largest absolute Gasteiger partial charge is 0.493 e. The number of nitrogens with zero attached hydrogens (tertiary/aromatic N) is 2. The number of piperidine rings is 1. The third-order valence-electron chi connectivity index (χ3n) is 5.66. The van der Waals surface area contributed by atoms with Crippen LogP contribution in [0.4, 0.5) is 14.9 Å². The van der Waals surface area contributed by atoms with E-state index in [1.807, 2.05) is 31.3 Å². The van der Waals surface area contributed by atoms with Crippen LogP contribution < -0.4 is 15.0 Å². The van der Waals surface area contributed by atoms with Crippen LogP contribution in [0, 0.1) is 11.7 Å². The summed E-state index contributed by atoms with van der Waals surface area (Å²) >= 11 is 0. The molecule has 1 unspecified atom stereocenters. The molecule has 0 saturated carbocycles. The molecule has 2 aromatic carbocycles. The van der Waals surface area contributed by atoms with E-state index in [-0.39, 0.29) is 12.0 Å². The summed E-state index contributed by atoms with van der Waals surface area (Å²) in [6.07, 6.45) is 1.45. The van der Waals surface area contributed by atoms with Gasteiger partial charge in [0.25, 0.3) is 0 Å². The zero-order chi connectivity index (χ0) is 23.1. The van der Waals surface area contributed by atoms with E-state index in [1.165, 1.54) is 17.0 Å². The lowest BCUT2D eigenvalue weighted by Crippen LogP contribution is -2.50. The van der Waals surface area contributed by atoms with Crippen molar-refractivity contribution in [1.82, 2.24) is 10.2 Å². The number of halogens is 1. The van der Waals surface area contributed by atoms with Crippen molar-refractivity contribution in [3.63, 3.8) is 0 Å². The van der Waals surface area contributed by atoms with E-state index in [2.05, 4.69) is 24.1 Å². The van der Waals surface area contributed by atoms with E-state index in [4.69, 9.17) is 4.74 Å². The third kappa shape index (κ3) is 6.60. The molecule has 1 saturated heterocycles. The minimum Gasteiger partial charge on any atom is -0.493 e. The molecule has 1 amide bonds. The van der Waals surface area contributed by atoms with Crippen LogP contribution >= 0.6 is 0 Å². The maximum atomic E-state index is 14.0. The van der Waals surface area contributed by atoms with Gasteiger partial charge in [0.1, 0.15) is 11.6 Å². The highest BCUT2D eigenvalue weighted by molar-refractivity contribution is 5.65. The predicted molar refractivity (Wildman–Crippen MR) is 124 cm³/mol. The molecule has 32 heavy (non-hydrogen) atoms. The van der Waals surface area contributed by atoms with Crippen molar-refractivity contribution in [1.29, 1.82) is 0 Å². The van der Waals surface area contributed by atoms with Crippen molar-refractivity contribution in [2.24, 2.45) is 5.92 Å². The first-order valence-electron chi connectivity index (χ1n) is 11.3. The van der Waals surface area contributed by atoms with E-state index in [1.54, 1.807) is 6.07 Å². The second-order valence-electron chi connectivity index (χ2n) is 8.85. The first-order valence-corrected chi connectivity index (χ1v) is 11.3. The molecular formula is C25H34FN3O3. The molecule has 1 fully saturated rings. The minimum atomic E-state index is -0.917. The number of ether oxygens (including phenoxy) is 1. The summed E-state index contributed by atoms with van der Waals surface area (Å²) in [6, 6.07) is 12.8. The fraction of sp³-hybridized carbons (Fsp3) is 0.480. The van der Waals surface area contributed by atoms with E-state index in [0.717, 1.165) is 41.8 Å². The Morgan fingerprint density at radius 1 is 1.25 bits per heavy atom. The summed E-state index contributed by atoms with van der Waals surface area (Å²) < 4.78 is 19.8. The number of hydrogen-bond donors (Lipinski definition) is 2. The average Bonchev–Trinajstić information content (AvgIpc) is 2.77. The van der Waals surface area contributed by atoms with Gasteiger partial charge in [0.15, 0.2) is 0 Å². The quantitative estimate of drug-likeness (QED) is 0.566. The van der Waals surface area contributed by atoms with Gasteiger partial charge in [-0.2, -0.15) is 0 Å². The number of amides is 1. The SMILES string of the molecule is CC(C)COc1ccc(CN(C)c2ccc(F)cc2CNC2CCCCN2C(=O)O)cc1. The Balaban J connectivity index is 1.66. The van der Waals surface area contributed by atoms with E-state index in [9.17, 15) is 14.3 Å². The Kier molecular flexibility index (Phi) is 8.33. The normalized spacial score (nSPS) is 16.3. The van der Waals surface area contributed by atoms with Crippen LogP contribution in [0.2, 0.25) is 0 Å². The maximum absolute atomic E-state index is 14.0. The van der Waals surface area contributed by atoms with Gasteiger partial charge in [-0.05, 0) is 66.6 Å². The molecule has 1 atom stereocenters. The third-order valence-corrected chi connectivity index (χ3v) is 5.66. The first kappa shape index (κ1) is 23.9. The summed E-state index contributed by atoms with van der Waals surface area (Å²) in [6.45, 7) is 6.50. The number of likely N-dealkylation sites (tertiary alicyclic amines) is 1. The Bertz CT molecular complexity index is 889. The fourth-order valence-corrected chi connectivity index (χ4v) is 3.98. The molecule has 1 heterocycles. The van der Waals surface area contributed by atoms with Crippen molar-refractivity contribution in [3.8, 4) is 5.75 Å². The molecule has 0 radical (unpaired) electrons. The summed E-state index contributed by atoms with van der Waals surface area (Å²) in [5.74, 6) is 1.03. The molecule has 0 aromatic heterocycles. The lowest BCUT2D eigenvalue weighted by molar-refractivity contribution is 0.0931. The first-order chi connectivity index (χ1) is 15.3. The smallest absolute Gasteiger partial charge is 0.408 e.